The van der Waals surface area contributed by atoms with E-state index in [2.05, 4.69) is 67.7 Å². The van der Waals surface area contributed by atoms with Gasteiger partial charge in [-0.15, -0.1) is 0 Å². The van der Waals surface area contributed by atoms with Gasteiger partial charge in [0.2, 0.25) is 0 Å². The van der Waals surface area contributed by atoms with Crippen molar-refractivity contribution in [2.24, 2.45) is 0 Å². The molecule has 1 aliphatic heterocycles. The van der Waals surface area contributed by atoms with Gasteiger partial charge in [-0.1, -0.05) is 47.6 Å². The van der Waals surface area contributed by atoms with E-state index in [9.17, 15) is 4.79 Å². The summed E-state index contributed by atoms with van der Waals surface area (Å²) in [7, 11) is -2.80. The molecule has 0 aromatic carbocycles. The second kappa shape index (κ2) is 10.2. The average Bonchev–Trinajstić information content (AvgIpc) is 2.58. The first-order valence-electron chi connectivity index (χ1n) is 11.2. The molecule has 0 aromatic rings. The van der Waals surface area contributed by atoms with Crippen LogP contribution in [-0.2, 0) is 27.9 Å². The minimum Gasteiger partial charge on any atom is -0.454 e. The van der Waals surface area contributed by atoms with Gasteiger partial charge < -0.3 is 23.1 Å². The standard InChI is InChI=1S/C23H46O6Si2/c1-14-15-17(24)27-18-16(2)26-21(25-9)20(29-31(12,13)23(6,7)8)19(18)28-30(10,11)22(3,4)5/h14-16,18-21H,1-13H3/b15-14+/t16-,18-,19+,20-,21+/m1/s1. The number of carbonyl (C=O) groups excluding carboxylic acids is 1. The molecule has 0 saturated carbocycles. The van der Waals surface area contributed by atoms with Crippen LogP contribution in [0.4, 0.5) is 0 Å². The zero-order valence-corrected chi connectivity index (χ0v) is 24.0. The van der Waals surface area contributed by atoms with Gasteiger partial charge in [0.15, 0.2) is 29.0 Å². The summed E-state index contributed by atoms with van der Waals surface area (Å²) >= 11 is 0. The van der Waals surface area contributed by atoms with Crippen LogP contribution in [-0.4, -0.2) is 60.4 Å². The fourth-order valence-corrected chi connectivity index (χ4v) is 5.51. The molecule has 0 amide bonds. The maximum atomic E-state index is 12.4. The van der Waals surface area contributed by atoms with E-state index >= 15 is 0 Å². The second-order valence-electron chi connectivity index (χ2n) is 11.5. The summed E-state index contributed by atoms with van der Waals surface area (Å²) in [5, 5.41) is -0.0243. The second-order valence-corrected chi connectivity index (χ2v) is 21.0. The highest BCUT2D eigenvalue weighted by Gasteiger charge is 2.54. The van der Waals surface area contributed by atoms with E-state index in [0.717, 1.165) is 0 Å². The van der Waals surface area contributed by atoms with Gasteiger partial charge in [0.05, 0.1) is 6.10 Å². The molecule has 0 N–H and O–H groups in total. The number of allylic oxidation sites excluding steroid dienone is 1. The highest BCUT2D eigenvalue weighted by molar-refractivity contribution is 6.74. The Balaban J connectivity index is 3.48. The van der Waals surface area contributed by atoms with Gasteiger partial charge in [0, 0.05) is 13.2 Å². The lowest BCUT2D eigenvalue weighted by atomic mass is 9.99. The van der Waals surface area contributed by atoms with E-state index < -0.39 is 53.3 Å². The SMILES string of the molecule is C/C=C/C(=O)O[C@H]1[C@H](O[Si](C)(C)C(C)(C)C)[C@@H](O[Si](C)(C)C(C)(C)C)[C@@H](OC)O[C@@H]1C. The van der Waals surface area contributed by atoms with Crippen LogP contribution >= 0.6 is 0 Å². The summed E-state index contributed by atoms with van der Waals surface area (Å²) in [5.74, 6) is -0.409. The van der Waals surface area contributed by atoms with Crippen molar-refractivity contribution in [3.05, 3.63) is 12.2 Å². The minimum atomic E-state index is -2.22. The number of esters is 1. The first kappa shape index (κ1) is 28.5. The Morgan fingerprint density at radius 1 is 0.871 bits per heavy atom. The Morgan fingerprint density at radius 2 is 1.32 bits per heavy atom. The quantitative estimate of drug-likeness (QED) is 0.270. The molecular formula is C23H46O6Si2. The van der Waals surface area contributed by atoms with E-state index in [1.54, 1.807) is 20.1 Å². The Bertz CT molecular complexity index is 633. The van der Waals surface area contributed by atoms with Gasteiger partial charge in [-0.05, 0) is 50.1 Å². The number of hydrogen-bond donors (Lipinski definition) is 0. The lowest BCUT2D eigenvalue weighted by Gasteiger charge is -2.51. The summed E-state index contributed by atoms with van der Waals surface area (Å²) in [6, 6.07) is 0. The van der Waals surface area contributed by atoms with E-state index in [1.807, 2.05) is 6.92 Å². The minimum absolute atomic E-state index is 0.00694. The molecule has 1 fully saturated rings. The van der Waals surface area contributed by atoms with Crippen LogP contribution in [0.25, 0.3) is 0 Å². The van der Waals surface area contributed by atoms with Crippen LogP contribution in [0.2, 0.25) is 36.3 Å². The van der Waals surface area contributed by atoms with Gasteiger partial charge >= 0.3 is 5.97 Å². The smallest absolute Gasteiger partial charge is 0.330 e. The lowest BCUT2D eigenvalue weighted by Crippen LogP contribution is -2.65. The fraction of sp³-hybridized carbons (Fsp3) is 0.870. The van der Waals surface area contributed by atoms with Crippen LogP contribution in [0.5, 0.6) is 0 Å². The van der Waals surface area contributed by atoms with Crippen molar-refractivity contribution < 1.29 is 27.9 Å². The monoisotopic (exact) mass is 474 g/mol. The summed E-state index contributed by atoms with van der Waals surface area (Å²) in [4.78, 5) is 12.4. The molecule has 0 radical (unpaired) electrons. The molecular weight excluding hydrogens is 428 g/mol. The van der Waals surface area contributed by atoms with Crippen molar-refractivity contribution in [1.82, 2.24) is 0 Å². The third kappa shape index (κ3) is 6.98. The Kier molecular flexibility index (Phi) is 9.36. The molecule has 6 nitrogen and oxygen atoms in total. The van der Waals surface area contributed by atoms with Gasteiger partial charge in [-0.2, -0.15) is 0 Å². The van der Waals surface area contributed by atoms with Crippen molar-refractivity contribution in [1.29, 1.82) is 0 Å². The molecule has 1 rings (SSSR count). The van der Waals surface area contributed by atoms with E-state index in [4.69, 9.17) is 23.1 Å². The maximum absolute atomic E-state index is 12.4. The molecule has 1 aliphatic rings. The molecule has 182 valence electrons. The van der Waals surface area contributed by atoms with Crippen molar-refractivity contribution in [2.45, 2.75) is 122 Å². The molecule has 0 aromatic heterocycles. The molecule has 0 aliphatic carbocycles. The maximum Gasteiger partial charge on any atom is 0.330 e. The van der Waals surface area contributed by atoms with Crippen LogP contribution in [0.1, 0.15) is 55.4 Å². The van der Waals surface area contributed by atoms with Gasteiger partial charge in [-0.25, -0.2) is 4.79 Å². The Labute approximate surface area is 192 Å². The molecule has 1 saturated heterocycles. The van der Waals surface area contributed by atoms with Gasteiger partial charge in [0.1, 0.15) is 12.2 Å². The zero-order valence-electron chi connectivity index (χ0n) is 22.0. The molecule has 8 heteroatoms. The fourth-order valence-electron chi connectivity index (χ4n) is 2.93. The van der Waals surface area contributed by atoms with Crippen molar-refractivity contribution >= 4 is 22.6 Å². The third-order valence-electron chi connectivity index (χ3n) is 6.99. The molecule has 0 bridgehead atoms. The van der Waals surface area contributed by atoms with Crippen LogP contribution < -0.4 is 0 Å². The van der Waals surface area contributed by atoms with E-state index in [-0.39, 0.29) is 10.1 Å². The predicted molar refractivity (Wildman–Crippen MR) is 130 cm³/mol. The largest absolute Gasteiger partial charge is 0.454 e. The van der Waals surface area contributed by atoms with E-state index in [0.29, 0.717) is 0 Å². The summed E-state index contributed by atoms with van der Waals surface area (Å²) in [6.07, 6.45) is 0.504. The molecule has 1 heterocycles. The third-order valence-corrected chi connectivity index (χ3v) is 15.9. The number of carbonyl (C=O) groups is 1. The molecule has 5 atom stereocenters. The molecule has 0 unspecified atom stereocenters. The van der Waals surface area contributed by atoms with Crippen molar-refractivity contribution in [3.63, 3.8) is 0 Å². The summed E-state index contributed by atoms with van der Waals surface area (Å²) in [6.45, 7) is 25.6. The normalized spacial score (nSPS) is 28.7. The summed E-state index contributed by atoms with van der Waals surface area (Å²) < 4.78 is 31.4. The highest BCUT2D eigenvalue weighted by Crippen LogP contribution is 2.43. The molecule has 0 spiro atoms. The van der Waals surface area contributed by atoms with Crippen LogP contribution in [0, 0.1) is 0 Å². The highest BCUT2D eigenvalue weighted by atomic mass is 28.4. The first-order valence-corrected chi connectivity index (χ1v) is 17.1. The molecule has 31 heavy (non-hydrogen) atoms. The Morgan fingerprint density at radius 3 is 1.71 bits per heavy atom. The average molecular weight is 475 g/mol. The topological polar surface area (TPSA) is 63.2 Å². The lowest BCUT2D eigenvalue weighted by molar-refractivity contribution is -0.282. The predicted octanol–water partition coefficient (Wildman–Crippen LogP) is 5.65. The Hall–Kier alpha value is -0.516. The van der Waals surface area contributed by atoms with Crippen LogP contribution in [0.15, 0.2) is 12.2 Å². The zero-order chi connectivity index (χ0) is 24.4. The number of methoxy groups -OCH3 is 1. The number of hydrogen-bond acceptors (Lipinski definition) is 6. The van der Waals surface area contributed by atoms with Crippen molar-refractivity contribution in [2.75, 3.05) is 7.11 Å². The number of rotatable bonds is 7. The van der Waals surface area contributed by atoms with Crippen LogP contribution in [0.3, 0.4) is 0 Å². The summed E-state index contributed by atoms with van der Waals surface area (Å²) in [5.41, 5.74) is 0. The van der Waals surface area contributed by atoms with Gasteiger partial charge in [0.25, 0.3) is 0 Å². The van der Waals surface area contributed by atoms with Gasteiger partial charge in [-0.3, -0.25) is 0 Å². The van der Waals surface area contributed by atoms with Crippen molar-refractivity contribution in [3.8, 4) is 0 Å². The van der Waals surface area contributed by atoms with E-state index in [1.165, 1.54) is 6.08 Å². The number of ether oxygens (including phenoxy) is 3. The first-order chi connectivity index (χ1) is 13.9.